The zero-order valence-corrected chi connectivity index (χ0v) is 17.3. The van der Waals surface area contributed by atoms with Crippen molar-refractivity contribution in [3.63, 3.8) is 0 Å². The van der Waals surface area contributed by atoms with E-state index in [0.717, 1.165) is 10.6 Å². The van der Waals surface area contributed by atoms with E-state index in [1.165, 1.54) is 0 Å². The monoisotopic (exact) mass is 412 g/mol. The van der Waals surface area contributed by atoms with E-state index in [4.69, 9.17) is 4.74 Å². The van der Waals surface area contributed by atoms with E-state index in [1.807, 2.05) is 24.3 Å². The van der Waals surface area contributed by atoms with Gasteiger partial charge < -0.3 is 15.0 Å². The molecule has 3 rings (SSSR count). The average molecular weight is 413 g/mol. The van der Waals surface area contributed by atoms with Crippen LogP contribution in [0.3, 0.4) is 0 Å². The summed E-state index contributed by atoms with van der Waals surface area (Å²) in [6, 6.07) is 14.3. The van der Waals surface area contributed by atoms with Crippen molar-refractivity contribution in [2.24, 2.45) is 0 Å². The van der Waals surface area contributed by atoms with Crippen LogP contribution >= 0.6 is 11.8 Å². The van der Waals surface area contributed by atoms with E-state index in [1.54, 1.807) is 47.9 Å². The number of esters is 1. The van der Waals surface area contributed by atoms with Crippen molar-refractivity contribution in [1.29, 1.82) is 0 Å². The first kappa shape index (κ1) is 20.9. The number of carbonyl (C=O) groups excluding carboxylic acids is 3. The molecule has 7 heteroatoms. The first-order valence-corrected chi connectivity index (χ1v) is 10.5. The predicted octanol–water partition coefficient (Wildman–Crippen LogP) is 4.11. The maximum atomic E-state index is 12.7. The molecule has 2 amide bonds. The van der Waals surface area contributed by atoms with Crippen LogP contribution in [0.1, 0.15) is 37.0 Å². The molecule has 2 aromatic rings. The molecular formula is C22H24N2O4S. The number of rotatable bonds is 6. The standard InChI is InChI=1S/C22H24N2O4S/c1-3-28-22(27)16-8-10-17(11-9-16)23-20(25)12-13-21(26)24-14-15(2)29-19-7-5-4-6-18(19)24/h4-11,15H,3,12-14H2,1-2H3,(H,23,25). The molecule has 0 fully saturated rings. The normalized spacial score (nSPS) is 15.4. The Morgan fingerprint density at radius 2 is 1.83 bits per heavy atom. The lowest BCUT2D eigenvalue weighted by Gasteiger charge is -2.32. The van der Waals surface area contributed by atoms with Crippen LogP contribution in [0.25, 0.3) is 0 Å². The molecule has 0 saturated heterocycles. The first-order valence-electron chi connectivity index (χ1n) is 9.61. The van der Waals surface area contributed by atoms with Gasteiger partial charge in [-0.25, -0.2) is 4.79 Å². The number of fused-ring (bicyclic) bond motifs is 1. The van der Waals surface area contributed by atoms with E-state index < -0.39 is 5.97 Å². The summed E-state index contributed by atoms with van der Waals surface area (Å²) < 4.78 is 4.93. The number of hydrogen-bond donors (Lipinski definition) is 1. The van der Waals surface area contributed by atoms with Crippen LogP contribution in [0, 0.1) is 0 Å². The van der Waals surface area contributed by atoms with Crippen LogP contribution < -0.4 is 10.2 Å². The second kappa shape index (κ2) is 9.60. The van der Waals surface area contributed by atoms with Gasteiger partial charge in [0.2, 0.25) is 11.8 Å². The number of nitrogens with one attached hydrogen (secondary N) is 1. The summed E-state index contributed by atoms with van der Waals surface area (Å²) >= 11 is 1.76. The van der Waals surface area contributed by atoms with E-state index in [2.05, 4.69) is 12.2 Å². The molecule has 1 unspecified atom stereocenters. The van der Waals surface area contributed by atoms with Crippen molar-refractivity contribution >= 4 is 40.9 Å². The van der Waals surface area contributed by atoms with E-state index >= 15 is 0 Å². The minimum absolute atomic E-state index is 0.0580. The van der Waals surface area contributed by atoms with Crippen molar-refractivity contribution < 1.29 is 19.1 Å². The van der Waals surface area contributed by atoms with Gasteiger partial charge in [-0.15, -0.1) is 11.8 Å². The van der Waals surface area contributed by atoms with Crippen molar-refractivity contribution in [3.05, 3.63) is 54.1 Å². The zero-order valence-electron chi connectivity index (χ0n) is 16.5. The van der Waals surface area contributed by atoms with Crippen molar-refractivity contribution in [2.45, 2.75) is 36.8 Å². The molecule has 0 bridgehead atoms. The van der Waals surface area contributed by atoms with E-state index in [-0.39, 0.29) is 24.7 Å². The van der Waals surface area contributed by atoms with Gasteiger partial charge in [0.1, 0.15) is 0 Å². The molecule has 0 aliphatic carbocycles. The quantitative estimate of drug-likeness (QED) is 0.723. The van der Waals surface area contributed by atoms with Crippen molar-refractivity contribution in [2.75, 3.05) is 23.4 Å². The van der Waals surface area contributed by atoms with E-state index in [9.17, 15) is 14.4 Å². The molecular weight excluding hydrogens is 388 g/mol. The van der Waals surface area contributed by atoms with Gasteiger partial charge in [-0.05, 0) is 43.3 Å². The Balaban J connectivity index is 1.54. The molecule has 0 saturated carbocycles. The van der Waals surface area contributed by atoms with Crippen LogP contribution in [0.5, 0.6) is 0 Å². The molecule has 0 spiro atoms. The Morgan fingerprint density at radius 1 is 1.10 bits per heavy atom. The van der Waals surface area contributed by atoms with Crippen molar-refractivity contribution in [1.82, 2.24) is 0 Å². The first-order chi connectivity index (χ1) is 14.0. The summed E-state index contributed by atoms with van der Waals surface area (Å²) in [7, 11) is 0. The predicted molar refractivity (Wildman–Crippen MR) is 114 cm³/mol. The maximum absolute atomic E-state index is 12.7. The lowest BCUT2D eigenvalue weighted by molar-refractivity contribution is -0.122. The molecule has 1 N–H and O–H groups in total. The van der Waals surface area contributed by atoms with Crippen LogP contribution in [-0.2, 0) is 14.3 Å². The van der Waals surface area contributed by atoms with Crippen LogP contribution in [-0.4, -0.2) is 36.2 Å². The number of anilines is 2. The fraction of sp³-hybridized carbons (Fsp3) is 0.318. The molecule has 1 heterocycles. The SMILES string of the molecule is CCOC(=O)c1ccc(NC(=O)CCC(=O)N2CC(C)Sc3ccccc32)cc1. The molecule has 1 aliphatic heterocycles. The minimum Gasteiger partial charge on any atom is -0.462 e. The number of nitrogens with zero attached hydrogens (tertiary/aromatic N) is 1. The van der Waals surface area contributed by atoms with Gasteiger partial charge in [0.25, 0.3) is 0 Å². The molecule has 2 aromatic carbocycles. The smallest absolute Gasteiger partial charge is 0.338 e. The zero-order chi connectivity index (χ0) is 20.8. The van der Waals surface area contributed by atoms with Crippen molar-refractivity contribution in [3.8, 4) is 0 Å². The van der Waals surface area contributed by atoms with Gasteiger partial charge in [-0.1, -0.05) is 19.1 Å². The van der Waals surface area contributed by atoms with Gasteiger partial charge in [-0.2, -0.15) is 0 Å². The molecule has 29 heavy (non-hydrogen) atoms. The Hall–Kier alpha value is -2.80. The van der Waals surface area contributed by atoms with Gasteiger partial charge in [0.05, 0.1) is 17.9 Å². The Morgan fingerprint density at radius 3 is 2.55 bits per heavy atom. The number of ether oxygens (including phenoxy) is 1. The third kappa shape index (κ3) is 5.38. The topological polar surface area (TPSA) is 75.7 Å². The highest BCUT2D eigenvalue weighted by Crippen LogP contribution is 2.38. The number of amides is 2. The lowest BCUT2D eigenvalue weighted by atomic mass is 10.2. The summed E-state index contributed by atoms with van der Waals surface area (Å²) in [4.78, 5) is 39.5. The number of carbonyl (C=O) groups is 3. The van der Waals surface area contributed by atoms with Crippen LogP contribution in [0.4, 0.5) is 11.4 Å². The Kier molecular flexibility index (Phi) is 6.93. The minimum atomic E-state index is -0.398. The average Bonchev–Trinajstić information content (AvgIpc) is 2.72. The highest BCUT2D eigenvalue weighted by Gasteiger charge is 2.26. The molecule has 1 aliphatic rings. The molecule has 1 atom stereocenters. The maximum Gasteiger partial charge on any atom is 0.338 e. The Bertz CT molecular complexity index is 898. The number of para-hydroxylation sites is 1. The third-order valence-electron chi connectivity index (χ3n) is 4.47. The van der Waals surface area contributed by atoms with Crippen LogP contribution in [0.15, 0.2) is 53.4 Å². The third-order valence-corrected chi connectivity index (χ3v) is 5.62. The van der Waals surface area contributed by atoms with Gasteiger partial charge in [0.15, 0.2) is 0 Å². The fourth-order valence-electron chi connectivity index (χ4n) is 3.11. The second-order valence-corrected chi connectivity index (χ2v) is 8.23. The molecule has 0 aromatic heterocycles. The van der Waals surface area contributed by atoms with Gasteiger partial charge in [-0.3, -0.25) is 9.59 Å². The highest BCUT2D eigenvalue weighted by molar-refractivity contribution is 8.00. The largest absolute Gasteiger partial charge is 0.462 e. The fourth-order valence-corrected chi connectivity index (χ4v) is 4.22. The molecule has 152 valence electrons. The summed E-state index contributed by atoms with van der Waals surface area (Å²) in [6.45, 7) is 4.78. The molecule has 6 nitrogen and oxygen atoms in total. The van der Waals surface area contributed by atoms with E-state index in [0.29, 0.717) is 29.7 Å². The summed E-state index contributed by atoms with van der Waals surface area (Å²) in [5.41, 5.74) is 1.91. The van der Waals surface area contributed by atoms with Crippen LogP contribution in [0.2, 0.25) is 0 Å². The summed E-state index contributed by atoms with van der Waals surface area (Å²) in [5.74, 6) is -0.697. The number of thioether (sulfide) groups is 1. The lowest BCUT2D eigenvalue weighted by Crippen LogP contribution is -2.38. The highest BCUT2D eigenvalue weighted by atomic mass is 32.2. The van der Waals surface area contributed by atoms with Gasteiger partial charge in [0, 0.05) is 35.2 Å². The second-order valence-electron chi connectivity index (χ2n) is 6.75. The summed E-state index contributed by atoms with van der Waals surface area (Å²) in [6.07, 6.45) is 0.233. The summed E-state index contributed by atoms with van der Waals surface area (Å²) in [5, 5.41) is 3.07. The van der Waals surface area contributed by atoms with Gasteiger partial charge >= 0.3 is 5.97 Å². The number of hydrogen-bond acceptors (Lipinski definition) is 5. The Labute approximate surface area is 174 Å². The molecule has 0 radical (unpaired) electrons. The number of benzene rings is 2.